The number of piperazine rings is 1. The van der Waals surface area contributed by atoms with Crippen LogP contribution in [0.2, 0.25) is 0 Å². The zero-order valence-electron chi connectivity index (χ0n) is 8.91. The van der Waals surface area contributed by atoms with Crippen molar-refractivity contribution in [1.82, 2.24) is 4.90 Å². The van der Waals surface area contributed by atoms with Crippen LogP contribution in [0.1, 0.15) is 0 Å². The molecule has 1 aromatic rings. The van der Waals surface area contributed by atoms with Crippen molar-refractivity contribution < 1.29 is 19.2 Å². The first-order valence-corrected chi connectivity index (χ1v) is 4.79. The SMILES string of the molecule is CN1C(=O)C(=O)N(c2ccccc2)C(=O)C1=O. The molecule has 0 bridgehead atoms. The van der Waals surface area contributed by atoms with Crippen LogP contribution in [-0.2, 0) is 19.2 Å². The smallest absolute Gasteiger partial charge is 0.269 e. The number of rotatable bonds is 1. The lowest BCUT2D eigenvalue weighted by Gasteiger charge is -2.27. The van der Waals surface area contributed by atoms with Gasteiger partial charge in [0.15, 0.2) is 0 Å². The van der Waals surface area contributed by atoms with Gasteiger partial charge in [0.1, 0.15) is 0 Å². The lowest BCUT2D eigenvalue weighted by molar-refractivity contribution is -0.158. The van der Waals surface area contributed by atoms with Crippen LogP contribution in [-0.4, -0.2) is 35.6 Å². The van der Waals surface area contributed by atoms with Crippen LogP contribution in [0.5, 0.6) is 0 Å². The van der Waals surface area contributed by atoms with Crippen molar-refractivity contribution in [2.45, 2.75) is 0 Å². The van der Waals surface area contributed by atoms with Crippen LogP contribution in [0.25, 0.3) is 0 Å². The van der Waals surface area contributed by atoms with Crippen LogP contribution in [0.15, 0.2) is 30.3 Å². The molecule has 0 atom stereocenters. The van der Waals surface area contributed by atoms with E-state index in [1.54, 1.807) is 18.2 Å². The first-order valence-electron chi connectivity index (χ1n) is 4.79. The Balaban J connectivity index is 2.47. The molecular formula is C11H8N2O4. The van der Waals surface area contributed by atoms with E-state index in [0.717, 1.165) is 7.05 Å². The van der Waals surface area contributed by atoms with E-state index in [-0.39, 0.29) is 5.69 Å². The molecule has 1 fully saturated rings. The van der Waals surface area contributed by atoms with E-state index >= 15 is 0 Å². The zero-order valence-corrected chi connectivity index (χ0v) is 8.91. The summed E-state index contributed by atoms with van der Waals surface area (Å²) in [6.45, 7) is 0. The molecule has 2 rings (SSSR count). The number of imide groups is 2. The summed E-state index contributed by atoms with van der Waals surface area (Å²) in [6, 6.07) is 7.84. The minimum Gasteiger partial charge on any atom is -0.269 e. The predicted molar refractivity (Wildman–Crippen MR) is 56.7 cm³/mol. The molecule has 1 aliphatic heterocycles. The predicted octanol–water partition coefficient (Wildman–Crippen LogP) is -0.455. The van der Waals surface area contributed by atoms with Gasteiger partial charge in [-0.1, -0.05) is 18.2 Å². The number of carbonyl (C=O) groups is 4. The number of hydrogen-bond donors (Lipinski definition) is 0. The van der Waals surface area contributed by atoms with Crippen LogP contribution < -0.4 is 4.90 Å². The number of hydrogen-bond acceptors (Lipinski definition) is 4. The lowest BCUT2D eigenvalue weighted by Crippen LogP contribution is -2.59. The van der Waals surface area contributed by atoms with Crippen molar-refractivity contribution in [1.29, 1.82) is 0 Å². The molecule has 0 N–H and O–H groups in total. The van der Waals surface area contributed by atoms with Gasteiger partial charge in [-0.25, -0.2) is 4.90 Å². The van der Waals surface area contributed by atoms with E-state index in [1.165, 1.54) is 12.1 Å². The Labute approximate surface area is 96.4 Å². The Bertz CT molecular complexity index is 496. The van der Waals surface area contributed by atoms with Gasteiger partial charge >= 0.3 is 23.6 Å². The monoisotopic (exact) mass is 232 g/mol. The van der Waals surface area contributed by atoms with Crippen LogP contribution in [0.3, 0.4) is 0 Å². The number of benzene rings is 1. The first kappa shape index (κ1) is 11.0. The van der Waals surface area contributed by atoms with E-state index in [4.69, 9.17) is 0 Å². The Morgan fingerprint density at radius 2 is 1.24 bits per heavy atom. The molecule has 6 heteroatoms. The maximum absolute atomic E-state index is 11.7. The largest absolute Gasteiger partial charge is 0.324 e. The standard InChI is InChI=1S/C11H8N2O4/c1-12-8(14)10(16)13(11(17)9(12)15)7-5-3-2-4-6-7/h2-6H,1H3. The van der Waals surface area contributed by atoms with Crippen molar-refractivity contribution in [2.24, 2.45) is 0 Å². The summed E-state index contributed by atoms with van der Waals surface area (Å²) in [5, 5.41) is 0. The molecule has 0 spiro atoms. The minimum absolute atomic E-state index is 0.206. The highest BCUT2D eigenvalue weighted by molar-refractivity contribution is 6.61. The second kappa shape index (κ2) is 3.82. The molecule has 1 saturated heterocycles. The summed E-state index contributed by atoms with van der Waals surface area (Å²) < 4.78 is 0. The molecule has 1 aromatic carbocycles. The van der Waals surface area contributed by atoms with Crippen molar-refractivity contribution in [3.05, 3.63) is 30.3 Å². The molecule has 0 unspecified atom stereocenters. The molecule has 4 amide bonds. The summed E-state index contributed by atoms with van der Waals surface area (Å²) in [5.41, 5.74) is 0.206. The number of anilines is 1. The summed E-state index contributed by atoms with van der Waals surface area (Å²) in [4.78, 5) is 47.3. The van der Waals surface area contributed by atoms with Crippen molar-refractivity contribution >= 4 is 29.3 Å². The summed E-state index contributed by atoms with van der Waals surface area (Å²) in [7, 11) is 1.10. The Morgan fingerprint density at radius 1 is 0.765 bits per heavy atom. The van der Waals surface area contributed by atoms with Crippen molar-refractivity contribution in [3.63, 3.8) is 0 Å². The lowest BCUT2D eigenvalue weighted by atomic mass is 10.2. The van der Waals surface area contributed by atoms with Gasteiger partial charge in [0, 0.05) is 7.05 Å². The van der Waals surface area contributed by atoms with Gasteiger partial charge in [0.25, 0.3) is 0 Å². The number of carbonyl (C=O) groups excluding carboxylic acids is 4. The van der Waals surface area contributed by atoms with E-state index in [0.29, 0.717) is 9.80 Å². The zero-order chi connectivity index (χ0) is 12.6. The number of likely N-dealkylation sites (N-methyl/N-ethyl adjacent to an activating group) is 1. The second-order valence-electron chi connectivity index (χ2n) is 3.45. The molecule has 0 radical (unpaired) electrons. The summed E-state index contributed by atoms with van der Waals surface area (Å²) in [5.74, 6) is -4.08. The van der Waals surface area contributed by atoms with Gasteiger partial charge in [-0.05, 0) is 12.1 Å². The van der Waals surface area contributed by atoms with Gasteiger partial charge in [-0.2, -0.15) is 0 Å². The van der Waals surface area contributed by atoms with E-state index < -0.39 is 23.6 Å². The third-order valence-electron chi connectivity index (χ3n) is 2.40. The summed E-state index contributed by atoms with van der Waals surface area (Å²) in [6.07, 6.45) is 0. The van der Waals surface area contributed by atoms with Gasteiger partial charge in [-0.3, -0.25) is 24.1 Å². The van der Waals surface area contributed by atoms with Crippen molar-refractivity contribution in [2.75, 3.05) is 11.9 Å². The van der Waals surface area contributed by atoms with Gasteiger partial charge in [0.2, 0.25) is 0 Å². The summed E-state index contributed by atoms with van der Waals surface area (Å²) >= 11 is 0. The molecule has 0 saturated carbocycles. The number of para-hydroxylation sites is 1. The Hall–Kier alpha value is -2.50. The quantitative estimate of drug-likeness (QED) is 0.485. The van der Waals surface area contributed by atoms with Gasteiger partial charge in [-0.15, -0.1) is 0 Å². The average Bonchev–Trinajstić information content (AvgIpc) is 2.36. The van der Waals surface area contributed by atoms with E-state index in [9.17, 15) is 19.2 Å². The normalized spacial score (nSPS) is 16.8. The average molecular weight is 232 g/mol. The molecule has 0 aromatic heterocycles. The first-order chi connectivity index (χ1) is 8.04. The third-order valence-corrected chi connectivity index (χ3v) is 2.40. The van der Waals surface area contributed by atoms with E-state index in [2.05, 4.69) is 0 Å². The highest BCUT2D eigenvalue weighted by Gasteiger charge is 2.43. The molecule has 86 valence electrons. The molecule has 1 heterocycles. The molecule has 6 nitrogen and oxygen atoms in total. The van der Waals surface area contributed by atoms with Crippen LogP contribution >= 0.6 is 0 Å². The second-order valence-corrected chi connectivity index (χ2v) is 3.45. The molecular weight excluding hydrogens is 224 g/mol. The van der Waals surface area contributed by atoms with Crippen molar-refractivity contribution in [3.8, 4) is 0 Å². The van der Waals surface area contributed by atoms with Crippen LogP contribution in [0, 0.1) is 0 Å². The van der Waals surface area contributed by atoms with E-state index in [1.807, 2.05) is 0 Å². The number of amides is 4. The molecule has 1 aliphatic rings. The Morgan fingerprint density at radius 3 is 1.71 bits per heavy atom. The fraction of sp³-hybridized carbons (Fsp3) is 0.0909. The van der Waals surface area contributed by atoms with Crippen LogP contribution in [0.4, 0.5) is 5.69 Å². The maximum Gasteiger partial charge on any atom is 0.324 e. The highest BCUT2D eigenvalue weighted by Crippen LogP contribution is 2.18. The Kier molecular flexibility index (Phi) is 2.47. The maximum atomic E-state index is 11.7. The topological polar surface area (TPSA) is 74.8 Å². The number of nitrogens with zero attached hydrogens (tertiary/aromatic N) is 2. The molecule has 0 aliphatic carbocycles. The molecule has 17 heavy (non-hydrogen) atoms. The fourth-order valence-corrected chi connectivity index (χ4v) is 1.47. The van der Waals surface area contributed by atoms with Gasteiger partial charge in [0.05, 0.1) is 5.69 Å². The third kappa shape index (κ3) is 1.59. The minimum atomic E-state index is -1.02. The van der Waals surface area contributed by atoms with Gasteiger partial charge < -0.3 is 0 Å². The fourth-order valence-electron chi connectivity index (χ4n) is 1.47. The highest BCUT2D eigenvalue weighted by atomic mass is 16.2.